The van der Waals surface area contributed by atoms with Crippen LogP contribution in [0.2, 0.25) is 0 Å². The third-order valence-corrected chi connectivity index (χ3v) is 2.32. The highest BCUT2D eigenvalue weighted by molar-refractivity contribution is 5.93. The zero-order chi connectivity index (χ0) is 12.0. The Balaban J connectivity index is 2.59. The molecule has 0 aliphatic rings. The molecule has 0 spiro atoms. The summed E-state index contributed by atoms with van der Waals surface area (Å²) in [5.41, 5.74) is 6.63. The molecular weight excluding hydrogens is 204 g/mol. The van der Waals surface area contributed by atoms with Crippen molar-refractivity contribution in [1.82, 2.24) is 0 Å². The van der Waals surface area contributed by atoms with E-state index in [1.54, 1.807) is 19.2 Å². The fourth-order valence-corrected chi connectivity index (χ4v) is 1.41. The van der Waals surface area contributed by atoms with Gasteiger partial charge >= 0.3 is 0 Å². The topological polar surface area (TPSA) is 64.3 Å². The van der Waals surface area contributed by atoms with Crippen LogP contribution in [0.4, 0.5) is 5.69 Å². The van der Waals surface area contributed by atoms with Crippen molar-refractivity contribution in [2.24, 2.45) is 5.73 Å². The Labute approximate surface area is 95.8 Å². The molecule has 4 heteroatoms. The summed E-state index contributed by atoms with van der Waals surface area (Å²) in [6.07, 6.45) is 0.914. The Bertz CT molecular complexity index is 353. The number of rotatable bonds is 6. The van der Waals surface area contributed by atoms with Gasteiger partial charge < -0.3 is 15.8 Å². The molecule has 1 aromatic carbocycles. The van der Waals surface area contributed by atoms with Crippen LogP contribution in [-0.2, 0) is 4.74 Å². The highest BCUT2D eigenvalue weighted by atomic mass is 16.5. The van der Waals surface area contributed by atoms with Gasteiger partial charge in [-0.1, -0.05) is 6.07 Å². The van der Waals surface area contributed by atoms with Gasteiger partial charge in [-0.05, 0) is 31.5 Å². The molecule has 0 aliphatic carbocycles. The maximum absolute atomic E-state index is 11.0. The summed E-state index contributed by atoms with van der Waals surface area (Å²) in [4.78, 5) is 11.0. The SMILES string of the molecule is COCCC(C)Nc1cccc(C(N)=O)c1. The number of ether oxygens (including phenoxy) is 1. The van der Waals surface area contributed by atoms with Gasteiger partial charge in [-0.2, -0.15) is 0 Å². The van der Waals surface area contributed by atoms with Gasteiger partial charge in [0.1, 0.15) is 0 Å². The Hall–Kier alpha value is -1.55. The van der Waals surface area contributed by atoms with Crippen LogP contribution in [0, 0.1) is 0 Å². The Morgan fingerprint density at radius 3 is 2.94 bits per heavy atom. The van der Waals surface area contributed by atoms with Crippen LogP contribution >= 0.6 is 0 Å². The quantitative estimate of drug-likeness (QED) is 0.768. The van der Waals surface area contributed by atoms with Crippen molar-refractivity contribution in [1.29, 1.82) is 0 Å². The van der Waals surface area contributed by atoms with E-state index in [-0.39, 0.29) is 0 Å². The van der Waals surface area contributed by atoms with Crippen LogP contribution in [0.1, 0.15) is 23.7 Å². The molecule has 1 unspecified atom stereocenters. The van der Waals surface area contributed by atoms with E-state index in [9.17, 15) is 4.79 Å². The molecule has 0 heterocycles. The van der Waals surface area contributed by atoms with Crippen LogP contribution < -0.4 is 11.1 Å². The molecule has 0 saturated carbocycles. The van der Waals surface area contributed by atoms with Crippen molar-refractivity contribution in [2.75, 3.05) is 19.0 Å². The number of methoxy groups -OCH3 is 1. The van der Waals surface area contributed by atoms with Crippen LogP contribution in [0.3, 0.4) is 0 Å². The first-order valence-corrected chi connectivity index (χ1v) is 5.29. The van der Waals surface area contributed by atoms with Crippen molar-refractivity contribution in [2.45, 2.75) is 19.4 Å². The van der Waals surface area contributed by atoms with Crippen molar-refractivity contribution < 1.29 is 9.53 Å². The summed E-state index contributed by atoms with van der Waals surface area (Å²) >= 11 is 0. The van der Waals surface area contributed by atoms with Gasteiger partial charge in [0.2, 0.25) is 5.91 Å². The molecule has 88 valence electrons. The maximum atomic E-state index is 11.0. The third kappa shape index (κ3) is 3.90. The second kappa shape index (κ2) is 6.12. The molecule has 1 rings (SSSR count). The number of amides is 1. The summed E-state index contributed by atoms with van der Waals surface area (Å²) in [6.45, 7) is 2.78. The van der Waals surface area contributed by atoms with Crippen LogP contribution in [-0.4, -0.2) is 25.7 Å². The van der Waals surface area contributed by atoms with E-state index in [0.717, 1.165) is 12.1 Å². The van der Waals surface area contributed by atoms with Crippen molar-refractivity contribution in [3.05, 3.63) is 29.8 Å². The van der Waals surface area contributed by atoms with Crippen molar-refractivity contribution in [3.63, 3.8) is 0 Å². The van der Waals surface area contributed by atoms with Gasteiger partial charge in [0, 0.05) is 31.0 Å². The lowest BCUT2D eigenvalue weighted by Gasteiger charge is -2.15. The molecule has 0 fully saturated rings. The number of nitrogens with one attached hydrogen (secondary N) is 1. The monoisotopic (exact) mass is 222 g/mol. The molecule has 0 saturated heterocycles. The number of hydrogen-bond donors (Lipinski definition) is 2. The fourth-order valence-electron chi connectivity index (χ4n) is 1.41. The van der Waals surface area contributed by atoms with E-state index in [4.69, 9.17) is 10.5 Å². The molecule has 0 aromatic heterocycles. The molecule has 4 nitrogen and oxygen atoms in total. The lowest BCUT2D eigenvalue weighted by molar-refractivity contribution is 0.100. The van der Waals surface area contributed by atoms with Crippen molar-refractivity contribution in [3.8, 4) is 0 Å². The predicted molar refractivity (Wildman–Crippen MR) is 64.5 cm³/mol. The third-order valence-electron chi connectivity index (χ3n) is 2.32. The van der Waals surface area contributed by atoms with Gasteiger partial charge in [-0.25, -0.2) is 0 Å². The molecule has 1 amide bonds. The molecule has 0 bridgehead atoms. The summed E-state index contributed by atoms with van der Waals surface area (Å²) in [5.74, 6) is -0.409. The molecule has 16 heavy (non-hydrogen) atoms. The van der Waals surface area contributed by atoms with E-state index in [1.165, 1.54) is 0 Å². The number of carbonyl (C=O) groups excluding carboxylic acids is 1. The molecule has 1 atom stereocenters. The maximum Gasteiger partial charge on any atom is 0.248 e. The van der Waals surface area contributed by atoms with Gasteiger partial charge in [0.05, 0.1) is 0 Å². The average Bonchev–Trinajstić information content (AvgIpc) is 2.26. The molecule has 1 aromatic rings. The molecule has 0 aliphatic heterocycles. The molecule has 3 N–H and O–H groups in total. The minimum atomic E-state index is -0.409. The number of primary amides is 1. The lowest BCUT2D eigenvalue weighted by atomic mass is 10.1. The standard InChI is InChI=1S/C12H18N2O2/c1-9(6-7-16-2)14-11-5-3-4-10(8-11)12(13)15/h3-5,8-9,14H,6-7H2,1-2H3,(H2,13,15). The zero-order valence-corrected chi connectivity index (χ0v) is 9.69. The molecule has 0 radical (unpaired) electrons. The smallest absolute Gasteiger partial charge is 0.248 e. The Morgan fingerprint density at radius 1 is 1.56 bits per heavy atom. The van der Waals surface area contributed by atoms with E-state index in [2.05, 4.69) is 12.2 Å². The fraction of sp³-hybridized carbons (Fsp3) is 0.417. The van der Waals surface area contributed by atoms with Crippen LogP contribution in [0.5, 0.6) is 0 Å². The minimum absolute atomic E-state index is 0.295. The van der Waals surface area contributed by atoms with Gasteiger partial charge in [0.15, 0.2) is 0 Å². The van der Waals surface area contributed by atoms with Gasteiger partial charge in [-0.15, -0.1) is 0 Å². The van der Waals surface area contributed by atoms with E-state index >= 15 is 0 Å². The second-order valence-corrected chi connectivity index (χ2v) is 3.77. The lowest BCUT2D eigenvalue weighted by Crippen LogP contribution is -2.18. The first-order chi connectivity index (χ1) is 7.63. The minimum Gasteiger partial charge on any atom is -0.385 e. The Kier molecular flexibility index (Phi) is 4.79. The summed E-state index contributed by atoms with van der Waals surface area (Å²) in [5, 5.41) is 3.28. The Morgan fingerprint density at radius 2 is 2.31 bits per heavy atom. The predicted octanol–water partition coefficient (Wildman–Crippen LogP) is 1.62. The normalized spacial score (nSPS) is 12.1. The average molecular weight is 222 g/mol. The largest absolute Gasteiger partial charge is 0.385 e. The highest BCUT2D eigenvalue weighted by Crippen LogP contribution is 2.12. The van der Waals surface area contributed by atoms with Crippen molar-refractivity contribution >= 4 is 11.6 Å². The number of benzene rings is 1. The number of hydrogen-bond acceptors (Lipinski definition) is 3. The van der Waals surface area contributed by atoms with Crippen LogP contribution in [0.25, 0.3) is 0 Å². The second-order valence-electron chi connectivity index (χ2n) is 3.77. The number of anilines is 1. The van der Waals surface area contributed by atoms with E-state index < -0.39 is 5.91 Å². The first-order valence-electron chi connectivity index (χ1n) is 5.29. The van der Waals surface area contributed by atoms with Gasteiger partial charge in [-0.3, -0.25) is 4.79 Å². The van der Waals surface area contributed by atoms with Crippen LogP contribution in [0.15, 0.2) is 24.3 Å². The summed E-state index contributed by atoms with van der Waals surface area (Å²) < 4.78 is 5.00. The summed E-state index contributed by atoms with van der Waals surface area (Å²) in [6, 6.07) is 7.48. The zero-order valence-electron chi connectivity index (χ0n) is 9.69. The highest BCUT2D eigenvalue weighted by Gasteiger charge is 2.04. The number of carbonyl (C=O) groups is 1. The first kappa shape index (κ1) is 12.5. The summed E-state index contributed by atoms with van der Waals surface area (Å²) in [7, 11) is 1.68. The van der Waals surface area contributed by atoms with Gasteiger partial charge in [0.25, 0.3) is 0 Å². The molecular formula is C12H18N2O2. The number of nitrogens with two attached hydrogens (primary N) is 1. The van der Waals surface area contributed by atoms with E-state index in [1.807, 2.05) is 12.1 Å². The van der Waals surface area contributed by atoms with E-state index in [0.29, 0.717) is 18.2 Å².